The van der Waals surface area contributed by atoms with Crippen molar-refractivity contribution in [2.75, 3.05) is 33.3 Å². The first-order valence-electron chi connectivity index (χ1n) is 12.2. The van der Waals surface area contributed by atoms with Crippen LogP contribution in [-0.2, 0) is 11.2 Å². The largest absolute Gasteiger partial charge is 0.373 e. The van der Waals surface area contributed by atoms with E-state index in [9.17, 15) is 0 Å². The molecule has 1 atom stereocenters. The lowest BCUT2D eigenvalue weighted by molar-refractivity contribution is 0.0398. The summed E-state index contributed by atoms with van der Waals surface area (Å²) in [6.07, 6.45) is 13.0. The van der Waals surface area contributed by atoms with Crippen LogP contribution in [0.4, 0.5) is 0 Å². The summed E-state index contributed by atoms with van der Waals surface area (Å²) < 4.78 is 6.23. The Kier molecular flexibility index (Phi) is 8.04. The zero-order valence-electron chi connectivity index (χ0n) is 18.7. The maximum absolute atomic E-state index is 6.23. The van der Waals surface area contributed by atoms with Crippen molar-refractivity contribution < 1.29 is 4.74 Å². The molecular weight excluding hydrogens is 372 g/mol. The number of fused-ring (bicyclic) bond motifs is 1. The molecule has 30 heavy (non-hydrogen) atoms. The second-order valence-corrected chi connectivity index (χ2v) is 9.20. The molecule has 1 unspecified atom stereocenters. The fraction of sp³-hybridized carbons (Fsp3) is 0.720. The van der Waals surface area contributed by atoms with E-state index in [1.807, 2.05) is 7.05 Å². The highest BCUT2D eigenvalue weighted by Crippen LogP contribution is 2.32. The molecule has 0 bridgehead atoms. The molecule has 3 aliphatic rings. The maximum Gasteiger partial charge on any atom is 0.191 e. The van der Waals surface area contributed by atoms with Crippen LogP contribution in [0.2, 0.25) is 0 Å². The van der Waals surface area contributed by atoms with Gasteiger partial charge in [0.2, 0.25) is 0 Å². The summed E-state index contributed by atoms with van der Waals surface area (Å²) in [5, 5.41) is 7.13. The number of piperidine rings is 1. The highest BCUT2D eigenvalue weighted by atomic mass is 16.5. The molecule has 5 nitrogen and oxygen atoms in total. The van der Waals surface area contributed by atoms with E-state index in [1.54, 1.807) is 0 Å². The maximum atomic E-state index is 6.23. The minimum absolute atomic E-state index is 0.275. The second kappa shape index (κ2) is 11.1. The molecule has 4 rings (SSSR count). The highest BCUT2D eigenvalue weighted by molar-refractivity contribution is 5.79. The van der Waals surface area contributed by atoms with E-state index in [4.69, 9.17) is 4.74 Å². The molecule has 0 amide bonds. The van der Waals surface area contributed by atoms with Crippen LogP contribution in [-0.4, -0.2) is 56.2 Å². The number of benzene rings is 1. The van der Waals surface area contributed by atoms with Crippen molar-refractivity contribution in [3.05, 3.63) is 35.4 Å². The topological polar surface area (TPSA) is 48.9 Å². The predicted molar refractivity (Wildman–Crippen MR) is 124 cm³/mol. The molecule has 1 saturated carbocycles. The summed E-state index contributed by atoms with van der Waals surface area (Å²) in [6, 6.07) is 10.2. The van der Waals surface area contributed by atoms with E-state index in [0.29, 0.717) is 6.04 Å². The van der Waals surface area contributed by atoms with Gasteiger partial charge < -0.3 is 20.3 Å². The summed E-state index contributed by atoms with van der Waals surface area (Å²) in [4.78, 5) is 7.16. The second-order valence-electron chi connectivity index (χ2n) is 9.20. The zero-order chi connectivity index (χ0) is 20.6. The van der Waals surface area contributed by atoms with Crippen molar-refractivity contribution in [2.45, 2.75) is 82.4 Å². The van der Waals surface area contributed by atoms with E-state index in [2.05, 4.69) is 44.8 Å². The number of aryl methyl sites for hydroxylation is 1. The van der Waals surface area contributed by atoms with Crippen LogP contribution in [0.5, 0.6) is 0 Å². The Morgan fingerprint density at radius 3 is 2.67 bits per heavy atom. The van der Waals surface area contributed by atoms with Crippen LogP contribution in [0.1, 0.15) is 75.0 Å². The van der Waals surface area contributed by atoms with Gasteiger partial charge in [-0.25, -0.2) is 0 Å². The molecule has 1 aromatic rings. The van der Waals surface area contributed by atoms with Gasteiger partial charge >= 0.3 is 0 Å². The third-order valence-electron chi connectivity index (χ3n) is 7.18. The third kappa shape index (κ3) is 5.76. The number of hydrogen-bond donors (Lipinski definition) is 2. The smallest absolute Gasteiger partial charge is 0.191 e. The summed E-state index contributed by atoms with van der Waals surface area (Å²) in [7, 11) is 1.87. The summed E-state index contributed by atoms with van der Waals surface area (Å²) in [5.74, 6) is 0.942. The van der Waals surface area contributed by atoms with Crippen molar-refractivity contribution >= 4 is 5.96 Å². The molecule has 1 aromatic carbocycles. The quantitative estimate of drug-likeness (QED) is 0.403. The van der Waals surface area contributed by atoms with Crippen LogP contribution in [0.3, 0.4) is 0 Å². The Morgan fingerprint density at radius 2 is 1.87 bits per heavy atom. The summed E-state index contributed by atoms with van der Waals surface area (Å²) >= 11 is 0. The number of ether oxygens (including phenoxy) is 1. The van der Waals surface area contributed by atoms with Gasteiger partial charge in [0.1, 0.15) is 0 Å². The first kappa shape index (κ1) is 21.6. The van der Waals surface area contributed by atoms with Crippen LogP contribution in [0.25, 0.3) is 0 Å². The van der Waals surface area contributed by atoms with Gasteiger partial charge in [-0.05, 0) is 62.5 Å². The average Bonchev–Trinajstić information content (AvgIpc) is 3.33. The molecule has 2 N–H and O–H groups in total. The molecule has 0 aromatic heterocycles. The summed E-state index contributed by atoms with van der Waals surface area (Å²) in [6.45, 7) is 4.16. The molecule has 2 fully saturated rings. The van der Waals surface area contributed by atoms with Crippen LogP contribution >= 0.6 is 0 Å². The molecule has 1 aliphatic heterocycles. The molecule has 5 heteroatoms. The van der Waals surface area contributed by atoms with Crippen molar-refractivity contribution in [3.8, 4) is 0 Å². The van der Waals surface area contributed by atoms with E-state index >= 15 is 0 Å². The van der Waals surface area contributed by atoms with Crippen molar-refractivity contribution in [3.63, 3.8) is 0 Å². The lowest BCUT2D eigenvalue weighted by Gasteiger charge is -2.36. The van der Waals surface area contributed by atoms with Gasteiger partial charge in [0.25, 0.3) is 0 Å². The average molecular weight is 413 g/mol. The number of guanidine groups is 1. The SMILES string of the molecule is CN=C(NCCCOC1CCCc2ccccc21)NC1CCN(C2CCCC2)CC1. The summed E-state index contributed by atoms with van der Waals surface area (Å²) in [5.41, 5.74) is 2.87. The number of aliphatic imine (C=N–C) groups is 1. The molecule has 0 radical (unpaired) electrons. The Bertz CT molecular complexity index is 677. The fourth-order valence-electron chi connectivity index (χ4n) is 5.45. The zero-order valence-corrected chi connectivity index (χ0v) is 18.7. The molecule has 0 spiro atoms. The fourth-order valence-corrected chi connectivity index (χ4v) is 5.45. The lowest BCUT2D eigenvalue weighted by atomic mass is 9.89. The van der Waals surface area contributed by atoms with Gasteiger partial charge in [-0.3, -0.25) is 4.99 Å². The molecule has 2 aliphatic carbocycles. The van der Waals surface area contributed by atoms with Crippen LogP contribution in [0.15, 0.2) is 29.3 Å². The van der Waals surface area contributed by atoms with Gasteiger partial charge in [-0.1, -0.05) is 37.1 Å². The number of rotatable bonds is 7. The van der Waals surface area contributed by atoms with E-state index in [-0.39, 0.29) is 6.10 Å². The lowest BCUT2D eigenvalue weighted by Crippen LogP contribution is -2.50. The van der Waals surface area contributed by atoms with Crippen molar-refractivity contribution in [1.82, 2.24) is 15.5 Å². The van der Waals surface area contributed by atoms with Crippen LogP contribution < -0.4 is 10.6 Å². The first-order chi connectivity index (χ1) is 14.8. The van der Waals surface area contributed by atoms with Gasteiger partial charge in [-0.15, -0.1) is 0 Å². The van der Waals surface area contributed by atoms with Gasteiger partial charge in [-0.2, -0.15) is 0 Å². The Labute approximate surface area is 182 Å². The van der Waals surface area contributed by atoms with Gasteiger partial charge in [0.15, 0.2) is 5.96 Å². The monoisotopic (exact) mass is 412 g/mol. The van der Waals surface area contributed by atoms with Crippen molar-refractivity contribution in [2.24, 2.45) is 4.99 Å². The molecular formula is C25H40N4O. The van der Waals surface area contributed by atoms with Crippen LogP contribution in [0, 0.1) is 0 Å². The van der Waals surface area contributed by atoms with Gasteiger partial charge in [0, 0.05) is 45.4 Å². The van der Waals surface area contributed by atoms with Gasteiger partial charge in [0.05, 0.1) is 6.10 Å². The van der Waals surface area contributed by atoms with E-state index in [1.165, 1.54) is 75.6 Å². The third-order valence-corrected chi connectivity index (χ3v) is 7.18. The normalized spacial score (nSPS) is 24.0. The minimum Gasteiger partial charge on any atom is -0.373 e. The Morgan fingerprint density at radius 1 is 1.07 bits per heavy atom. The standard InChI is InChI=1S/C25H40N4O/c1-26-25(28-21-14-17-29(18-15-21)22-10-3-4-11-22)27-16-7-19-30-24-13-6-9-20-8-2-5-12-23(20)24/h2,5,8,12,21-22,24H,3-4,6-7,9-11,13-19H2,1H3,(H2,26,27,28). The molecule has 1 heterocycles. The first-order valence-corrected chi connectivity index (χ1v) is 12.2. The molecule has 1 saturated heterocycles. The molecule has 166 valence electrons. The van der Waals surface area contributed by atoms with E-state index in [0.717, 1.165) is 38.0 Å². The number of nitrogens with one attached hydrogen (secondary N) is 2. The Hall–Kier alpha value is -1.59. The highest BCUT2D eigenvalue weighted by Gasteiger charge is 2.27. The number of likely N-dealkylation sites (tertiary alicyclic amines) is 1. The number of hydrogen-bond acceptors (Lipinski definition) is 3. The number of nitrogens with zero attached hydrogens (tertiary/aromatic N) is 2. The predicted octanol–water partition coefficient (Wildman–Crippen LogP) is 4.04. The van der Waals surface area contributed by atoms with E-state index < -0.39 is 0 Å². The van der Waals surface area contributed by atoms with Crippen molar-refractivity contribution in [1.29, 1.82) is 0 Å². The Balaban J connectivity index is 1.11. The minimum atomic E-state index is 0.275.